The van der Waals surface area contributed by atoms with Gasteiger partial charge in [0, 0.05) is 43.8 Å². The van der Waals surface area contributed by atoms with Crippen LogP contribution in [0.5, 0.6) is 0 Å². The third-order valence-electron chi connectivity index (χ3n) is 6.83. The van der Waals surface area contributed by atoms with Gasteiger partial charge in [0.15, 0.2) is 0 Å². The van der Waals surface area contributed by atoms with Crippen molar-refractivity contribution in [1.82, 2.24) is 9.97 Å². The first-order valence-corrected chi connectivity index (χ1v) is 13.0. The molecule has 3 nitrogen and oxygen atoms in total. The molecule has 0 aliphatic heterocycles. The van der Waals surface area contributed by atoms with Gasteiger partial charge in [-0.2, -0.15) is 0 Å². The fourth-order valence-corrected chi connectivity index (χ4v) is 4.74. The predicted octanol–water partition coefficient (Wildman–Crippen LogP) is 9.15. The Morgan fingerprint density at radius 2 is 1.40 bits per heavy atom. The zero-order valence-corrected chi connectivity index (χ0v) is 24.3. The number of hydrogen-bond donors (Lipinski definition) is 0. The zero-order valence-electron chi connectivity index (χ0n) is 21.9. The van der Waals surface area contributed by atoms with E-state index >= 15 is 0 Å². The third kappa shape index (κ3) is 5.79. The average molecular weight is 695 g/mol. The molecule has 7 aromatic rings. The fraction of sp³-hybridized carbons (Fsp3) is 0.0556. The van der Waals surface area contributed by atoms with Crippen molar-refractivity contribution in [3.05, 3.63) is 157 Å². The summed E-state index contributed by atoms with van der Waals surface area (Å²) in [6.45, 7) is 2.23. The quantitative estimate of drug-likeness (QED) is 0.173. The Kier molecular flexibility index (Phi) is 8.61. The topological polar surface area (TPSA) is 38.9 Å². The molecule has 4 heteroatoms. The van der Waals surface area contributed by atoms with Crippen molar-refractivity contribution < 1.29 is 24.5 Å². The standard InChI is InChI=1S/C19H16N.C17H10NO.Ir/c1-15(16-8-4-2-5-9-16)18-12-13-20-19(14-18)17-10-6-3-7-11-17;1-2-10-16-12(6-1)13-7-5-8-14(17(13)19-16)15-9-3-4-11-18-15;/h2-10,12-15H,1H3;1-7,9-11H;/q2*-1;. The number of benzene rings is 4. The SMILES string of the molecule is CC(c1ccccc1)c1ccnc(-c2[c-]cccc2)c1.[Ir].[c-]1ccc2c(oc3ccccc32)c1-c1ccccn1. The average Bonchev–Trinajstić information content (AvgIpc) is 3.41. The van der Waals surface area contributed by atoms with E-state index in [4.69, 9.17) is 4.42 Å². The third-order valence-corrected chi connectivity index (χ3v) is 6.83. The molecular formula is C36H26IrN2O-2. The van der Waals surface area contributed by atoms with Crippen LogP contribution in [-0.2, 0) is 20.1 Å². The van der Waals surface area contributed by atoms with Crippen molar-refractivity contribution in [2.45, 2.75) is 12.8 Å². The summed E-state index contributed by atoms with van der Waals surface area (Å²) in [6.07, 6.45) is 3.66. The number of nitrogens with zero attached hydrogens (tertiary/aromatic N) is 2. The van der Waals surface area contributed by atoms with E-state index in [1.165, 1.54) is 11.1 Å². The molecule has 1 atom stereocenters. The van der Waals surface area contributed by atoms with E-state index < -0.39 is 0 Å². The molecule has 1 unspecified atom stereocenters. The van der Waals surface area contributed by atoms with Crippen LogP contribution in [0.2, 0.25) is 0 Å². The summed E-state index contributed by atoms with van der Waals surface area (Å²) in [5.74, 6) is 0.363. The Hall–Kier alpha value is -4.37. The molecule has 7 rings (SSSR count). The van der Waals surface area contributed by atoms with E-state index in [0.717, 1.165) is 44.5 Å². The van der Waals surface area contributed by atoms with Crippen LogP contribution in [0.1, 0.15) is 24.0 Å². The molecule has 0 saturated carbocycles. The van der Waals surface area contributed by atoms with Crippen molar-refractivity contribution in [2.24, 2.45) is 0 Å². The summed E-state index contributed by atoms with van der Waals surface area (Å²) >= 11 is 0. The Labute approximate surface area is 247 Å². The van der Waals surface area contributed by atoms with Crippen molar-refractivity contribution in [2.75, 3.05) is 0 Å². The van der Waals surface area contributed by atoms with E-state index in [2.05, 4.69) is 71.5 Å². The van der Waals surface area contributed by atoms with Crippen LogP contribution in [0, 0.1) is 12.1 Å². The first kappa shape index (κ1) is 27.2. The maximum Gasteiger partial charge on any atom is 0.120 e. The summed E-state index contributed by atoms with van der Waals surface area (Å²) in [7, 11) is 0. The molecule has 0 aliphatic rings. The second-order valence-electron chi connectivity index (χ2n) is 9.29. The minimum atomic E-state index is 0. The molecular weight excluding hydrogens is 669 g/mol. The number of hydrogen-bond acceptors (Lipinski definition) is 3. The number of pyridine rings is 2. The van der Waals surface area contributed by atoms with Crippen LogP contribution >= 0.6 is 0 Å². The molecule has 3 heterocycles. The molecule has 0 saturated heterocycles. The van der Waals surface area contributed by atoms with E-state index in [0.29, 0.717) is 5.92 Å². The van der Waals surface area contributed by atoms with Crippen molar-refractivity contribution in [1.29, 1.82) is 0 Å². The normalized spacial score (nSPS) is 11.3. The van der Waals surface area contributed by atoms with Crippen LogP contribution in [-0.4, -0.2) is 9.97 Å². The van der Waals surface area contributed by atoms with Gasteiger partial charge < -0.3 is 14.4 Å². The molecule has 0 spiro atoms. The molecule has 0 bridgehead atoms. The van der Waals surface area contributed by atoms with Crippen molar-refractivity contribution >= 4 is 21.9 Å². The number of rotatable bonds is 4. The summed E-state index contributed by atoms with van der Waals surface area (Å²) in [5, 5.41) is 2.23. The van der Waals surface area contributed by atoms with Gasteiger partial charge in [0.2, 0.25) is 0 Å². The maximum absolute atomic E-state index is 5.97. The second kappa shape index (κ2) is 12.7. The van der Waals surface area contributed by atoms with Crippen LogP contribution in [0.4, 0.5) is 0 Å². The first-order valence-electron chi connectivity index (χ1n) is 13.0. The van der Waals surface area contributed by atoms with E-state index in [1.807, 2.05) is 85.1 Å². The van der Waals surface area contributed by atoms with E-state index in [-0.39, 0.29) is 20.1 Å². The van der Waals surface area contributed by atoms with Gasteiger partial charge in [0.25, 0.3) is 0 Å². The summed E-state index contributed by atoms with van der Waals surface area (Å²) in [6, 6.07) is 47.1. The van der Waals surface area contributed by atoms with Crippen LogP contribution in [0.25, 0.3) is 44.5 Å². The van der Waals surface area contributed by atoms with Crippen molar-refractivity contribution in [3.8, 4) is 22.5 Å². The Bertz CT molecular complexity index is 1820. The monoisotopic (exact) mass is 695 g/mol. The predicted molar refractivity (Wildman–Crippen MR) is 158 cm³/mol. The molecule has 0 N–H and O–H groups in total. The van der Waals surface area contributed by atoms with Crippen LogP contribution < -0.4 is 0 Å². The second-order valence-corrected chi connectivity index (χ2v) is 9.29. The molecule has 0 fully saturated rings. The van der Waals surface area contributed by atoms with Gasteiger partial charge in [0.05, 0.1) is 5.58 Å². The van der Waals surface area contributed by atoms with Gasteiger partial charge >= 0.3 is 0 Å². The molecule has 1 radical (unpaired) electrons. The number of aromatic nitrogens is 2. The molecule has 3 aromatic heterocycles. The number of fused-ring (bicyclic) bond motifs is 3. The molecule has 0 aliphatic carbocycles. The van der Waals surface area contributed by atoms with Gasteiger partial charge in [0.1, 0.15) is 5.58 Å². The smallest absolute Gasteiger partial charge is 0.120 e. The Morgan fingerprint density at radius 1 is 0.625 bits per heavy atom. The molecule has 4 aromatic carbocycles. The number of furan rings is 1. The largest absolute Gasteiger partial charge is 0.501 e. The Balaban J connectivity index is 0.000000157. The Morgan fingerprint density at radius 3 is 2.20 bits per heavy atom. The van der Waals surface area contributed by atoms with Gasteiger partial charge in [-0.1, -0.05) is 84.6 Å². The summed E-state index contributed by atoms with van der Waals surface area (Å²) in [4.78, 5) is 8.83. The molecule has 40 heavy (non-hydrogen) atoms. The zero-order chi connectivity index (χ0) is 26.4. The minimum Gasteiger partial charge on any atom is -0.501 e. The van der Waals surface area contributed by atoms with E-state index in [1.54, 1.807) is 6.20 Å². The van der Waals surface area contributed by atoms with Crippen molar-refractivity contribution in [3.63, 3.8) is 0 Å². The van der Waals surface area contributed by atoms with Crippen LogP contribution in [0.15, 0.2) is 138 Å². The minimum absolute atomic E-state index is 0. The summed E-state index contributed by atoms with van der Waals surface area (Å²) < 4.78 is 5.97. The van der Waals surface area contributed by atoms with Gasteiger partial charge in [-0.25, -0.2) is 0 Å². The van der Waals surface area contributed by atoms with Crippen LogP contribution in [0.3, 0.4) is 0 Å². The van der Waals surface area contributed by atoms with Gasteiger partial charge in [-0.05, 0) is 40.7 Å². The number of para-hydroxylation sites is 1. The maximum atomic E-state index is 5.97. The fourth-order valence-electron chi connectivity index (χ4n) is 4.74. The first-order chi connectivity index (χ1) is 19.3. The van der Waals surface area contributed by atoms with E-state index in [9.17, 15) is 0 Å². The van der Waals surface area contributed by atoms with Gasteiger partial charge in [-0.15, -0.1) is 54.1 Å². The van der Waals surface area contributed by atoms with Gasteiger partial charge in [-0.3, -0.25) is 0 Å². The molecule has 0 amide bonds. The molecule has 197 valence electrons. The summed E-state index contributed by atoms with van der Waals surface area (Å²) in [5.41, 5.74) is 8.15.